The molecule has 1 fully saturated rings. The Bertz CT molecular complexity index is 1910. The number of aromatic hydroxyl groups is 2. The fourth-order valence-electron chi connectivity index (χ4n) is 5.74. The van der Waals surface area contributed by atoms with Crippen LogP contribution in [0.2, 0.25) is 5.02 Å². The minimum Gasteiger partial charge on any atom is -0.504 e. The first kappa shape index (κ1) is 40.6. The Hall–Kier alpha value is -4.54. The van der Waals surface area contributed by atoms with Gasteiger partial charge in [0.25, 0.3) is 11.8 Å². The zero-order chi connectivity index (χ0) is 39.0. The Kier molecular flexibility index (Phi) is 13.3. The largest absolute Gasteiger partial charge is 0.504 e. The van der Waals surface area contributed by atoms with E-state index in [1.165, 1.54) is 35.7 Å². The van der Waals surface area contributed by atoms with Crippen LogP contribution in [0.3, 0.4) is 0 Å². The summed E-state index contributed by atoms with van der Waals surface area (Å²) in [6.45, 7) is 16.9. The molecule has 3 heterocycles. The molecule has 0 bridgehead atoms. The van der Waals surface area contributed by atoms with E-state index in [1.807, 2.05) is 59.7 Å². The smallest absolute Gasteiger partial charge is 0.267 e. The van der Waals surface area contributed by atoms with Crippen molar-refractivity contribution in [2.75, 3.05) is 68.0 Å². The van der Waals surface area contributed by atoms with Gasteiger partial charge in [0, 0.05) is 45.3 Å². The Balaban J connectivity index is 1.02. The maximum atomic E-state index is 12.9. The SMILES string of the molecule is Cc1nc(Nc2ncc(C(=O)Nc3c(C)cccc3Cl)s2)cc(N2CCN(CCOC(C)(C)CCOC(C)(C)CNC(=O)c3cccc(O)c3O)CC2)n1. The highest BCUT2D eigenvalue weighted by Gasteiger charge is 2.26. The van der Waals surface area contributed by atoms with Gasteiger partial charge in [-0.15, -0.1) is 0 Å². The third kappa shape index (κ3) is 11.2. The number of benzene rings is 2. The predicted molar refractivity (Wildman–Crippen MR) is 212 cm³/mol. The lowest BCUT2D eigenvalue weighted by molar-refractivity contribution is -0.0740. The quantitative estimate of drug-likeness (QED) is 0.0823. The number of carbonyl (C=O) groups is 2. The number of carbonyl (C=O) groups excluding carboxylic acids is 2. The van der Waals surface area contributed by atoms with Crippen molar-refractivity contribution in [1.82, 2.24) is 25.2 Å². The summed E-state index contributed by atoms with van der Waals surface area (Å²) in [5.41, 5.74) is 0.395. The molecule has 5 N–H and O–H groups in total. The van der Waals surface area contributed by atoms with Crippen LogP contribution >= 0.6 is 22.9 Å². The van der Waals surface area contributed by atoms with Crippen molar-refractivity contribution >= 4 is 57.2 Å². The third-order valence-electron chi connectivity index (χ3n) is 8.98. The number of phenols is 2. The molecule has 0 spiro atoms. The number of para-hydroxylation sites is 2. The van der Waals surface area contributed by atoms with Crippen molar-refractivity contribution in [3.05, 3.63) is 75.5 Å². The van der Waals surface area contributed by atoms with E-state index in [-0.39, 0.29) is 23.8 Å². The average Bonchev–Trinajstić information content (AvgIpc) is 3.58. The Morgan fingerprint density at radius 3 is 2.41 bits per heavy atom. The number of hydrogen-bond donors (Lipinski definition) is 5. The summed E-state index contributed by atoms with van der Waals surface area (Å²) < 4.78 is 12.3. The maximum Gasteiger partial charge on any atom is 0.267 e. The molecule has 1 aliphatic heterocycles. The number of amides is 2. The molecule has 4 aromatic rings. The molecule has 1 aliphatic rings. The van der Waals surface area contributed by atoms with Crippen molar-refractivity contribution in [1.29, 1.82) is 0 Å². The molecule has 2 amide bonds. The molecule has 0 atom stereocenters. The standard InChI is InChI=1S/C38H49ClN8O6S/c1-24-9-7-11-27(39)32(24)45-35(51)29-22-40-36(54-29)44-30-21-31(43-25(2)42-30)47-16-14-46(15-17-47)18-20-53-37(3,4)13-19-52-38(5,6)23-41-34(50)26-10-8-12-28(48)33(26)49/h7-12,21-22,48-49H,13-20,23H2,1-6H3,(H,41,50)(H,45,51)(H,40,42,43,44). The van der Waals surface area contributed by atoms with E-state index in [0.717, 1.165) is 44.1 Å². The second kappa shape index (κ2) is 17.7. The van der Waals surface area contributed by atoms with Crippen LogP contribution in [0.25, 0.3) is 0 Å². The normalized spacial score (nSPS) is 13.9. The molecule has 14 nitrogen and oxygen atoms in total. The van der Waals surface area contributed by atoms with Gasteiger partial charge in [0.2, 0.25) is 0 Å². The Morgan fingerprint density at radius 2 is 1.67 bits per heavy atom. The van der Waals surface area contributed by atoms with E-state index in [9.17, 15) is 19.8 Å². The molecule has 0 unspecified atom stereocenters. The highest BCUT2D eigenvalue weighted by atomic mass is 35.5. The first-order valence-corrected chi connectivity index (χ1v) is 19.0. The summed E-state index contributed by atoms with van der Waals surface area (Å²) in [5, 5.41) is 29.5. The third-order valence-corrected chi connectivity index (χ3v) is 10.2. The van der Waals surface area contributed by atoms with Crippen LogP contribution in [0, 0.1) is 13.8 Å². The minimum absolute atomic E-state index is 0.00441. The lowest BCUT2D eigenvalue weighted by atomic mass is 10.1. The van der Waals surface area contributed by atoms with Crippen molar-refractivity contribution in [2.24, 2.45) is 0 Å². The topological polar surface area (TPSA) is 174 Å². The number of aromatic nitrogens is 3. The van der Waals surface area contributed by atoms with Gasteiger partial charge in [-0.05, 0) is 71.7 Å². The predicted octanol–water partition coefficient (Wildman–Crippen LogP) is 6.14. The van der Waals surface area contributed by atoms with Crippen LogP contribution in [0.15, 0.2) is 48.7 Å². The van der Waals surface area contributed by atoms with Gasteiger partial charge in [-0.2, -0.15) is 0 Å². The molecule has 0 aliphatic carbocycles. The fourth-order valence-corrected chi connectivity index (χ4v) is 6.73. The molecule has 5 rings (SSSR count). The number of anilines is 4. The number of nitrogens with one attached hydrogen (secondary N) is 3. The summed E-state index contributed by atoms with van der Waals surface area (Å²) >= 11 is 7.51. The average molecular weight is 781 g/mol. The number of piperazine rings is 1. The van der Waals surface area contributed by atoms with E-state index < -0.39 is 22.9 Å². The van der Waals surface area contributed by atoms with Gasteiger partial charge in [-0.3, -0.25) is 14.5 Å². The fraction of sp³-hybridized carbons (Fsp3) is 0.447. The number of rotatable bonds is 16. The minimum atomic E-state index is -0.656. The number of halogens is 1. The number of phenolic OH excluding ortho intramolecular Hbond substituents is 2. The van der Waals surface area contributed by atoms with Crippen LogP contribution < -0.4 is 20.9 Å². The van der Waals surface area contributed by atoms with Gasteiger partial charge in [0.05, 0.1) is 46.9 Å². The zero-order valence-corrected chi connectivity index (χ0v) is 33.1. The molecule has 0 saturated carbocycles. The Morgan fingerprint density at radius 1 is 0.944 bits per heavy atom. The molecule has 16 heteroatoms. The Labute approximate surface area is 324 Å². The van der Waals surface area contributed by atoms with Gasteiger partial charge >= 0.3 is 0 Å². The molecular weight excluding hydrogens is 732 g/mol. The number of ether oxygens (including phenoxy) is 2. The zero-order valence-electron chi connectivity index (χ0n) is 31.5. The van der Waals surface area contributed by atoms with Gasteiger partial charge in [-0.25, -0.2) is 15.0 Å². The first-order valence-electron chi connectivity index (χ1n) is 17.8. The summed E-state index contributed by atoms with van der Waals surface area (Å²) in [6, 6.07) is 11.6. The highest BCUT2D eigenvalue weighted by molar-refractivity contribution is 7.17. The number of hydrogen-bond acceptors (Lipinski definition) is 13. The van der Waals surface area contributed by atoms with Crippen molar-refractivity contribution < 1.29 is 29.3 Å². The monoisotopic (exact) mass is 780 g/mol. The molecule has 54 heavy (non-hydrogen) atoms. The van der Waals surface area contributed by atoms with E-state index in [1.54, 1.807) is 6.07 Å². The van der Waals surface area contributed by atoms with Crippen molar-refractivity contribution in [3.63, 3.8) is 0 Å². The van der Waals surface area contributed by atoms with Crippen molar-refractivity contribution in [3.8, 4) is 11.5 Å². The van der Waals surface area contributed by atoms with Crippen LogP contribution in [-0.2, 0) is 9.47 Å². The van der Waals surface area contributed by atoms with Crippen LogP contribution in [0.4, 0.5) is 22.5 Å². The number of nitrogens with zero attached hydrogens (tertiary/aromatic N) is 5. The van der Waals surface area contributed by atoms with Gasteiger partial charge < -0.3 is 40.5 Å². The molecule has 0 radical (unpaired) electrons. The van der Waals surface area contributed by atoms with Crippen molar-refractivity contribution in [2.45, 2.75) is 59.2 Å². The second-order valence-corrected chi connectivity index (χ2v) is 15.8. The molecular formula is C38H49ClN8O6S. The van der Waals surface area contributed by atoms with E-state index in [4.69, 9.17) is 21.1 Å². The lowest BCUT2D eigenvalue weighted by Crippen LogP contribution is -2.48. The maximum absolute atomic E-state index is 12.9. The van der Waals surface area contributed by atoms with E-state index in [2.05, 4.69) is 40.7 Å². The van der Waals surface area contributed by atoms with Gasteiger partial charge in [0.1, 0.15) is 22.3 Å². The van der Waals surface area contributed by atoms with Crippen LogP contribution in [0.1, 0.15) is 65.5 Å². The van der Waals surface area contributed by atoms with Crippen LogP contribution in [-0.4, -0.2) is 106 Å². The second-order valence-electron chi connectivity index (χ2n) is 14.4. The molecule has 290 valence electrons. The van der Waals surface area contributed by atoms with Gasteiger partial charge in [-0.1, -0.05) is 41.1 Å². The summed E-state index contributed by atoms with van der Waals surface area (Å²) in [5.74, 6) is 0.483. The molecule has 2 aromatic carbocycles. The van der Waals surface area contributed by atoms with E-state index >= 15 is 0 Å². The van der Waals surface area contributed by atoms with Gasteiger partial charge in [0.15, 0.2) is 16.6 Å². The first-order chi connectivity index (χ1) is 25.6. The van der Waals surface area contributed by atoms with Crippen LogP contribution in [0.5, 0.6) is 11.5 Å². The molecule has 2 aromatic heterocycles. The lowest BCUT2D eigenvalue weighted by Gasteiger charge is -2.36. The highest BCUT2D eigenvalue weighted by Crippen LogP contribution is 2.30. The summed E-state index contributed by atoms with van der Waals surface area (Å²) in [4.78, 5) is 44.1. The number of thiazole rings is 1. The van der Waals surface area contributed by atoms with E-state index in [0.29, 0.717) is 52.0 Å². The summed E-state index contributed by atoms with van der Waals surface area (Å²) in [6.07, 6.45) is 2.19. The number of aryl methyl sites for hydroxylation is 2. The molecule has 1 saturated heterocycles. The summed E-state index contributed by atoms with van der Waals surface area (Å²) in [7, 11) is 0.